The van der Waals surface area contributed by atoms with Crippen LogP contribution in [-0.4, -0.2) is 65.8 Å². The molecule has 0 aromatic carbocycles. The summed E-state index contributed by atoms with van der Waals surface area (Å²) in [6.07, 6.45) is 3.83. The highest BCUT2D eigenvalue weighted by molar-refractivity contribution is 5.75. The fourth-order valence-corrected chi connectivity index (χ4v) is 4.77. The van der Waals surface area contributed by atoms with Gasteiger partial charge in [0.2, 0.25) is 0 Å². The Labute approximate surface area is 144 Å². The quantitative estimate of drug-likeness (QED) is 0.858. The Morgan fingerprint density at radius 3 is 2.38 bits per heavy atom. The zero-order chi connectivity index (χ0) is 17.5. The summed E-state index contributed by atoms with van der Waals surface area (Å²) in [5.74, 6) is -0.343. The SMILES string of the molecule is CC1(C)[C@@H]2CC[C@@]1(C)CN(C(=O)N1CCC(OCC(=O)O)CC1)C2. The highest BCUT2D eigenvalue weighted by atomic mass is 16.5. The van der Waals surface area contributed by atoms with Crippen LogP contribution < -0.4 is 0 Å². The van der Waals surface area contributed by atoms with E-state index in [-0.39, 0.29) is 24.2 Å². The zero-order valence-electron chi connectivity index (χ0n) is 15.1. The molecular formula is C18H30N2O4. The van der Waals surface area contributed by atoms with Gasteiger partial charge in [0, 0.05) is 26.2 Å². The van der Waals surface area contributed by atoms with Crippen molar-refractivity contribution in [3.8, 4) is 0 Å². The number of carboxylic acids is 1. The Balaban J connectivity index is 1.54. The third kappa shape index (κ3) is 3.01. The van der Waals surface area contributed by atoms with Crippen molar-refractivity contribution in [2.45, 2.75) is 52.6 Å². The minimum absolute atomic E-state index is 0.0425. The summed E-state index contributed by atoms with van der Waals surface area (Å²) in [7, 11) is 0. The second kappa shape index (κ2) is 6.21. The number of rotatable bonds is 3. The summed E-state index contributed by atoms with van der Waals surface area (Å²) in [5.41, 5.74) is 0.524. The first-order chi connectivity index (χ1) is 11.2. The third-order valence-corrected chi connectivity index (χ3v) is 7.03. The van der Waals surface area contributed by atoms with Crippen LogP contribution in [0.4, 0.5) is 4.79 Å². The number of hydrogen-bond donors (Lipinski definition) is 1. The highest BCUT2D eigenvalue weighted by Crippen LogP contribution is 2.59. The van der Waals surface area contributed by atoms with Crippen LogP contribution in [0, 0.1) is 16.7 Å². The number of aliphatic carboxylic acids is 1. The van der Waals surface area contributed by atoms with Gasteiger partial charge in [-0.1, -0.05) is 20.8 Å². The molecule has 1 N–H and O–H groups in total. The molecule has 0 unspecified atom stereocenters. The minimum atomic E-state index is -0.937. The van der Waals surface area contributed by atoms with E-state index in [1.54, 1.807) is 0 Å². The number of carbonyl (C=O) groups is 2. The smallest absolute Gasteiger partial charge is 0.329 e. The van der Waals surface area contributed by atoms with E-state index in [4.69, 9.17) is 9.84 Å². The van der Waals surface area contributed by atoms with E-state index in [2.05, 4.69) is 25.7 Å². The number of carboxylic acid groups (broad SMARTS) is 1. The van der Waals surface area contributed by atoms with Gasteiger partial charge in [-0.05, 0) is 42.4 Å². The first kappa shape index (κ1) is 17.5. The van der Waals surface area contributed by atoms with Gasteiger partial charge in [0.1, 0.15) is 6.61 Å². The normalized spacial score (nSPS) is 32.9. The summed E-state index contributed by atoms with van der Waals surface area (Å²) in [6.45, 7) is 9.84. The topological polar surface area (TPSA) is 70.1 Å². The van der Waals surface area contributed by atoms with Gasteiger partial charge in [0.05, 0.1) is 6.10 Å². The molecule has 1 saturated carbocycles. The summed E-state index contributed by atoms with van der Waals surface area (Å²) in [6, 6.07) is 0.153. The van der Waals surface area contributed by atoms with E-state index in [0.717, 1.165) is 25.9 Å². The number of amides is 2. The van der Waals surface area contributed by atoms with Crippen molar-refractivity contribution in [2.24, 2.45) is 16.7 Å². The third-order valence-electron chi connectivity index (χ3n) is 7.03. The van der Waals surface area contributed by atoms with Crippen LogP contribution >= 0.6 is 0 Å². The predicted molar refractivity (Wildman–Crippen MR) is 89.8 cm³/mol. The fraction of sp³-hybridized carbons (Fsp3) is 0.889. The molecule has 2 saturated heterocycles. The van der Waals surface area contributed by atoms with Crippen LogP contribution in [0.2, 0.25) is 0 Å². The maximum atomic E-state index is 12.9. The molecule has 6 heteroatoms. The van der Waals surface area contributed by atoms with E-state index in [9.17, 15) is 9.59 Å². The monoisotopic (exact) mass is 338 g/mol. The molecule has 2 amide bonds. The van der Waals surface area contributed by atoms with Crippen LogP contribution in [0.5, 0.6) is 0 Å². The van der Waals surface area contributed by atoms with Gasteiger partial charge in [-0.25, -0.2) is 9.59 Å². The van der Waals surface area contributed by atoms with Crippen molar-refractivity contribution in [3.63, 3.8) is 0 Å². The lowest BCUT2D eigenvalue weighted by molar-refractivity contribution is -0.145. The van der Waals surface area contributed by atoms with Gasteiger partial charge in [-0.3, -0.25) is 0 Å². The Morgan fingerprint density at radius 1 is 1.12 bits per heavy atom. The fourth-order valence-electron chi connectivity index (χ4n) is 4.77. The molecule has 3 rings (SSSR count). The van der Waals surface area contributed by atoms with E-state index < -0.39 is 5.97 Å². The molecule has 1 aliphatic carbocycles. The highest BCUT2D eigenvalue weighted by Gasteiger charge is 2.56. The lowest BCUT2D eigenvalue weighted by atomic mass is 9.63. The number of piperidine rings is 2. The molecule has 2 heterocycles. The second-order valence-corrected chi connectivity index (χ2v) is 8.57. The molecule has 0 radical (unpaired) electrons. The second-order valence-electron chi connectivity index (χ2n) is 8.57. The Hall–Kier alpha value is -1.30. The Kier molecular flexibility index (Phi) is 4.53. The maximum absolute atomic E-state index is 12.9. The molecule has 3 fully saturated rings. The summed E-state index contributed by atoms with van der Waals surface area (Å²) < 4.78 is 5.35. The average molecular weight is 338 g/mol. The number of urea groups is 1. The molecule has 2 bridgehead atoms. The van der Waals surface area contributed by atoms with E-state index >= 15 is 0 Å². The minimum Gasteiger partial charge on any atom is -0.480 e. The lowest BCUT2D eigenvalue weighted by Crippen LogP contribution is -2.57. The number of ether oxygens (including phenoxy) is 1. The van der Waals surface area contributed by atoms with Gasteiger partial charge in [-0.15, -0.1) is 0 Å². The first-order valence-electron chi connectivity index (χ1n) is 9.10. The molecule has 3 aliphatic rings. The number of fused-ring (bicyclic) bond motifs is 2. The summed E-state index contributed by atoms with van der Waals surface area (Å²) >= 11 is 0. The molecular weight excluding hydrogens is 308 g/mol. The van der Waals surface area contributed by atoms with Crippen LogP contribution in [-0.2, 0) is 9.53 Å². The van der Waals surface area contributed by atoms with Crippen LogP contribution in [0.1, 0.15) is 46.5 Å². The summed E-state index contributed by atoms with van der Waals surface area (Å²) in [4.78, 5) is 27.5. The van der Waals surface area contributed by atoms with Gasteiger partial charge < -0.3 is 19.6 Å². The van der Waals surface area contributed by atoms with Crippen molar-refractivity contribution in [1.82, 2.24) is 9.80 Å². The largest absolute Gasteiger partial charge is 0.480 e. The van der Waals surface area contributed by atoms with E-state index in [1.165, 1.54) is 12.8 Å². The molecule has 24 heavy (non-hydrogen) atoms. The van der Waals surface area contributed by atoms with Crippen molar-refractivity contribution in [2.75, 3.05) is 32.8 Å². The summed E-state index contributed by atoms with van der Waals surface area (Å²) in [5, 5.41) is 8.68. The lowest BCUT2D eigenvalue weighted by Gasteiger charge is -2.51. The van der Waals surface area contributed by atoms with Crippen molar-refractivity contribution >= 4 is 12.0 Å². The van der Waals surface area contributed by atoms with Crippen molar-refractivity contribution < 1.29 is 19.4 Å². The Morgan fingerprint density at radius 2 is 1.79 bits per heavy atom. The molecule has 0 aromatic heterocycles. The molecule has 0 spiro atoms. The first-order valence-corrected chi connectivity index (χ1v) is 9.10. The standard InChI is InChI=1S/C18H30N2O4/c1-17(2)13-4-7-18(17,3)12-20(10-13)16(23)19-8-5-14(6-9-19)24-11-15(21)22/h13-14H,4-12H2,1-3H3,(H,21,22)/t13-,18+/m1/s1. The Bertz CT molecular complexity index is 513. The van der Waals surface area contributed by atoms with Gasteiger partial charge in [0.15, 0.2) is 0 Å². The van der Waals surface area contributed by atoms with E-state index in [1.807, 2.05) is 4.90 Å². The van der Waals surface area contributed by atoms with Gasteiger partial charge in [-0.2, -0.15) is 0 Å². The van der Waals surface area contributed by atoms with Gasteiger partial charge >= 0.3 is 12.0 Å². The number of hydrogen-bond acceptors (Lipinski definition) is 3. The number of likely N-dealkylation sites (tertiary alicyclic amines) is 2. The maximum Gasteiger partial charge on any atom is 0.329 e. The predicted octanol–water partition coefficient (Wildman–Crippen LogP) is 2.43. The molecule has 136 valence electrons. The zero-order valence-corrected chi connectivity index (χ0v) is 15.1. The molecule has 6 nitrogen and oxygen atoms in total. The van der Waals surface area contributed by atoms with Gasteiger partial charge in [0.25, 0.3) is 0 Å². The van der Waals surface area contributed by atoms with Crippen LogP contribution in [0.3, 0.4) is 0 Å². The molecule has 2 atom stereocenters. The van der Waals surface area contributed by atoms with Crippen molar-refractivity contribution in [3.05, 3.63) is 0 Å². The average Bonchev–Trinajstić information content (AvgIpc) is 2.68. The molecule has 2 aliphatic heterocycles. The van der Waals surface area contributed by atoms with Crippen molar-refractivity contribution in [1.29, 1.82) is 0 Å². The van der Waals surface area contributed by atoms with Crippen LogP contribution in [0.25, 0.3) is 0 Å². The molecule has 0 aromatic rings. The number of carbonyl (C=O) groups excluding carboxylic acids is 1. The number of nitrogens with zero attached hydrogens (tertiary/aromatic N) is 2. The van der Waals surface area contributed by atoms with E-state index in [0.29, 0.717) is 24.4 Å². The van der Waals surface area contributed by atoms with Crippen LogP contribution in [0.15, 0.2) is 0 Å².